The molecule has 1 aromatic rings. The minimum atomic E-state index is -0.830. The number of hydrogen-bond donors (Lipinski definition) is 2. The zero-order valence-electron chi connectivity index (χ0n) is 9.66. The van der Waals surface area contributed by atoms with Gasteiger partial charge in [-0.1, -0.05) is 6.08 Å². The van der Waals surface area contributed by atoms with Gasteiger partial charge in [0.1, 0.15) is 11.5 Å². The summed E-state index contributed by atoms with van der Waals surface area (Å²) in [6.45, 7) is 5.49. The highest BCUT2D eigenvalue weighted by Gasteiger charge is 2.17. The lowest BCUT2D eigenvalue weighted by Crippen LogP contribution is -2.29. The molecule has 1 heterocycles. The van der Waals surface area contributed by atoms with Gasteiger partial charge in [-0.2, -0.15) is 0 Å². The van der Waals surface area contributed by atoms with Crippen LogP contribution in [0.4, 0.5) is 0 Å². The van der Waals surface area contributed by atoms with E-state index in [0.29, 0.717) is 6.54 Å². The molecule has 0 saturated carbocycles. The van der Waals surface area contributed by atoms with Crippen molar-refractivity contribution in [3.63, 3.8) is 0 Å². The van der Waals surface area contributed by atoms with E-state index in [9.17, 15) is 14.7 Å². The fraction of sp³-hybridized carbons (Fsp3) is 0.333. The first kappa shape index (κ1) is 13.0. The van der Waals surface area contributed by atoms with E-state index >= 15 is 0 Å². The van der Waals surface area contributed by atoms with Crippen LogP contribution in [0.1, 0.15) is 29.0 Å². The Morgan fingerprint density at radius 2 is 2.35 bits per heavy atom. The molecular weight excluding hydrogens is 222 g/mol. The number of unbranched alkanes of at least 4 members (excludes halogenated alkanes) is 1. The highest BCUT2D eigenvalue weighted by Crippen LogP contribution is 2.13. The van der Waals surface area contributed by atoms with Crippen LogP contribution in [-0.2, 0) is 0 Å². The molecule has 0 unspecified atom stereocenters. The van der Waals surface area contributed by atoms with E-state index in [1.807, 2.05) is 0 Å². The first-order chi connectivity index (χ1) is 8.06. The Kier molecular flexibility index (Phi) is 4.51. The molecule has 0 saturated heterocycles. The highest BCUT2D eigenvalue weighted by molar-refractivity contribution is 5.96. The fourth-order valence-electron chi connectivity index (χ4n) is 1.34. The Hall–Kier alpha value is -2.04. The van der Waals surface area contributed by atoms with Crippen LogP contribution in [0, 0.1) is 6.92 Å². The third-order valence-corrected chi connectivity index (χ3v) is 2.15. The van der Waals surface area contributed by atoms with Crippen molar-refractivity contribution in [1.82, 2.24) is 5.32 Å². The Labute approximate surface area is 98.8 Å². The maximum atomic E-state index is 11.6. The Morgan fingerprint density at radius 3 is 2.94 bits per heavy atom. The summed E-state index contributed by atoms with van der Waals surface area (Å²) in [6, 6.07) is 1.24. The van der Waals surface area contributed by atoms with Crippen LogP contribution < -0.4 is 10.9 Å². The van der Waals surface area contributed by atoms with E-state index in [-0.39, 0.29) is 17.1 Å². The minimum absolute atomic E-state index is 0.260. The lowest BCUT2D eigenvalue weighted by molar-refractivity contribution is 0.0946. The number of rotatable bonds is 5. The second kappa shape index (κ2) is 5.89. The van der Waals surface area contributed by atoms with Crippen LogP contribution in [-0.4, -0.2) is 17.6 Å². The van der Waals surface area contributed by atoms with Crippen LogP contribution in [0.3, 0.4) is 0 Å². The van der Waals surface area contributed by atoms with Gasteiger partial charge in [0.25, 0.3) is 5.91 Å². The molecular formula is C12H15NO4. The number of aromatic hydroxyl groups is 1. The van der Waals surface area contributed by atoms with E-state index in [1.165, 1.54) is 13.0 Å². The van der Waals surface area contributed by atoms with Gasteiger partial charge in [0, 0.05) is 12.6 Å². The van der Waals surface area contributed by atoms with Crippen LogP contribution in [0.25, 0.3) is 0 Å². The second-order valence-corrected chi connectivity index (χ2v) is 3.59. The molecule has 0 fully saturated rings. The molecule has 2 N–H and O–H groups in total. The number of amides is 1. The molecule has 0 bridgehead atoms. The van der Waals surface area contributed by atoms with E-state index in [2.05, 4.69) is 11.9 Å². The maximum absolute atomic E-state index is 11.6. The first-order valence-electron chi connectivity index (χ1n) is 5.29. The fourth-order valence-corrected chi connectivity index (χ4v) is 1.34. The number of nitrogens with one attached hydrogen (secondary N) is 1. The number of aryl methyl sites for hydroxylation is 1. The van der Waals surface area contributed by atoms with Gasteiger partial charge in [-0.05, 0) is 19.8 Å². The van der Waals surface area contributed by atoms with Gasteiger partial charge in [-0.25, -0.2) is 4.79 Å². The molecule has 17 heavy (non-hydrogen) atoms. The first-order valence-corrected chi connectivity index (χ1v) is 5.29. The minimum Gasteiger partial charge on any atom is -0.507 e. The summed E-state index contributed by atoms with van der Waals surface area (Å²) in [5.41, 5.74) is -1.18. The predicted octanol–water partition coefficient (Wildman–Crippen LogP) is 1.35. The summed E-state index contributed by atoms with van der Waals surface area (Å²) >= 11 is 0. The van der Waals surface area contributed by atoms with Crippen molar-refractivity contribution < 1.29 is 14.3 Å². The van der Waals surface area contributed by atoms with Gasteiger partial charge in [-0.15, -0.1) is 6.58 Å². The topological polar surface area (TPSA) is 79.5 Å². The van der Waals surface area contributed by atoms with Crippen molar-refractivity contribution in [3.05, 3.63) is 40.5 Å². The summed E-state index contributed by atoms with van der Waals surface area (Å²) in [5.74, 6) is -0.726. The van der Waals surface area contributed by atoms with Crippen LogP contribution in [0.2, 0.25) is 0 Å². The van der Waals surface area contributed by atoms with Crippen molar-refractivity contribution in [2.24, 2.45) is 0 Å². The third-order valence-electron chi connectivity index (χ3n) is 2.15. The Morgan fingerprint density at radius 1 is 1.65 bits per heavy atom. The number of carbonyl (C=O) groups excluding carboxylic acids is 1. The van der Waals surface area contributed by atoms with Gasteiger partial charge in [0.05, 0.1) is 0 Å². The molecule has 1 rings (SSSR count). The Bertz CT molecular complexity index is 476. The predicted molar refractivity (Wildman–Crippen MR) is 63.1 cm³/mol. The molecule has 1 aromatic heterocycles. The normalized spacial score (nSPS) is 9.94. The smallest absolute Gasteiger partial charge is 0.352 e. The van der Waals surface area contributed by atoms with Crippen molar-refractivity contribution in [2.75, 3.05) is 6.54 Å². The van der Waals surface area contributed by atoms with Crippen molar-refractivity contribution in [1.29, 1.82) is 0 Å². The second-order valence-electron chi connectivity index (χ2n) is 3.59. The summed E-state index contributed by atoms with van der Waals surface area (Å²) in [5, 5.41) is 12.0. The molecule has 92 valence electrons. The van der Waals surface area contributed by atoms with E-state index in [4.69, 9.17) is 4.42 Å². The average molecular weight is 237 g/mol. The molecule has 0 aliphatic rings. The molecule has 0 aromatic carbocycles. The van der Waals surface area contributed by atoms with Crippen molar-refractivity contribution in [2.45, 2.75) is 19.8 Å². The number of allylic oxidation sites excluding steroid dienone is 1. The molecule has 5 nitrogen and oxygen atoms in total. The van der Waals surface area contributed by atoms with Crippen LogP contribution in [0.5, 0.6) is 5.75 Å². The Balaban J connectivity index is 2.76. The summed E-state index contributed by atoms with van der Waals surface area (Å²) in [6.07, 6.45) is 3.24. The van der Waals surface area contributed by atoms with Crippen molar-refractivity contribution >= 4 is 5.91 Å². The monoisotopic (exact) mass is 237 g/mol. The standard InChI is InChI=1S/C12H15NO4/c1-3-4-5-6-13-11(15)10-9(14)7-8(2)17-12(10)16/h3,7,14H,1,4-6H2,2H3,(H,13,15). The SMILES string of the molecule is C=CCCCNC(=O)c1c(O)cc(C)oc1=O. The molecule has 0 spiro atoms. The summed E-state index contributed by atoms with van der Waals surface area (Å²) < 4.78 is 4.75. The zero-order chi connectivity index (χ0) is 12.8. The molecule has 0 radical (unpaired) electrons. The van der Waals surface area contributed by atoms with E-state index in [1.54, 1.807) is 6.08 Å². The van der Waals surface area contributed by atoms with Crippen molar-refractivity contribution in [3.8, 4) is 5.75 Å². The molecule has 0 atom stereocenters. The average Bonchev–Trinajstić information content (AvgIpc) is 2.23. The quantitative estimate of drug-likeness (QED) is 0.598. The molecule has 0 aliphatic carbocycles. The third kappa shape index (κ3) is 3.48. The summed E-state index contributed by atoms with van der Waals surface area (Å²) in [4.78, 5) is 23.0. The van der Waals surface area contributed by atoms with Crippen LogP contribution >= 0.6 is 0 Å². The lowest BCUT2D eigenvalue weighted by atomic mass is 10.2. The number of carbonyl (C=O) groups is 1. The van der Waals surface area contributed by atoms with Crippen LogP contribution in [0.15, 0.2) is 27.9 Å². The van der Waals surface area contributed by atoms with Gasteiger partial charge in [0.2, 0.25) is 0 Å². The molecule has 1 amide bonds. The van der Waals surface area contributed by atoms with Gasteiger partial charge in [-0.3, -0.25) is 4.79 Å². The summed E-state index contributed by atoms with van der Waals surface area (Å²) in [7, 11) is 0. The van der Waals surface area contributed by atoms with Gasteiger partial charge < -0.3 is 14.8 Å². The van der Waals surface area contributed by atoms with E-state index < -0.39 is 11.5 Å². The maximum Gasteiger partial charge on any atom is 0.352 e. The van der Waals surface area contributed by atoms with Gasteiger partial charge >= 0.3 is 5.63 Å². The lowest BCUT2D eigenvalue weighted by Gasteiger charge is -2.05. The number of hydrogen-bond acceptors (Lipinski definition) is 4. The zero-order valence-corrected chi connectivity index (χ0v) is 9.66. The van der Waals surface area contributed by atoms with Gasteiger partial charge in [0.15, 0.2) is 5.56 Å². The molecule has 5 heteroatoms. The molecule has 0 aliphatic heterocycles. The van der Waals surface area contributed by atoms with E-state index in [0.717, 1.165) is 12.8 Å². The highest BCUT2D eigenvalue weighted by atomic mass is 16.4. The largest absolute Gasteiger partial charge is 0.507 e.